The highest BCUT2D eigenvalue weighted by atomic mass is 79.9. The van der Waals surface area contributed by atoms with Crippen molar-refractivity contribution in [3.8, 4) is 0 Å². The number of rotatable bonds is 4. The monoisotopic (exact) mass is 383 g/mol. The number of aliphatic hydroxyl groups excluding tert-OH is 1. The molecule has 0 atom stereocenters. The highest BCUT2D eigenvalue weighted by Crippen LogP contribution is 2.28. The molecule has 1 heterocycles. The average molecular weight is 384 g/mol. The smallest absolute Gasteiger partial charge is 0.263 e. The van der Waals surface area contributed by atoms with Crippen LogP contribution in [-0.4, -0.2) is 13.5 Å². The Bertz CT molecular complexity index is 723. The van der Waals surface area contributed by atoms with E-state index in [-0.39, 0.29) is 14.2 Å². The van der Waals surface area contributed by atoms with Crippen LogP contribution in [0.4, 0.5) is 14.5 Å². The lowest BCUT2D eigenvalue weighted by Crippen LogP contribution is -2.16. The number of thiophene rings is 1. The third-order valence-electron chi connectivity index (χ3n) is 2.38. The molecule has 4 nitrogen and oxygen atoms in total. The van der Waals surface area contributed by atoms with Gasteiger partial charge in [0.25, 0.3) is 10.0 Å². The highest BCUT2D eigenvalue weighted by molar-refractivity contribution is 9.10. The lowest BCUT2D eigenvalue weighted by Gasteiger charge is -2.10. The number of hydrogen-bond acceptors (Lipinski definition) is 4. The van der Waals surface area contributed by atoms with E-state index in [1.165, 1.54) is 11.4 Å². The van der Waals surface area contributed by atoms with Gasteiger partial charge >= 0.3 is 0 Å². The van der Waals surface area contributed by atoms with Gasteiger partial charge in [0.05, 0.1) is 11.5 Å². The third kappa shape index (κ3) is 3.00. The number of anilines is 1. The fourth-order valence-corrected chi connectivity index (χ4v) is 4.29. The average Bonchev–Trinajstić information content (AvgIpc) is 2.83. The van der Waals surface area contributed by atoms with Crippen LogP contribution in [0, 0.1) is 11.6 Å². The standard InChI is InChI=1S/C11H8BrF2NO3S2/c12-6-3-7(13)11(8(14)4-6)15-20(17,18)10-1-2-19-9(10)5-16/h1-4,15-16H,5H2. The van der Waals surface area contributed by atoms with Crippen molar-refractivity contribution < 1.29 is 22.3 Å². The molecule has 0 saturated heterocycles. The van der Waals surface area contributed by atoms with Gasteiger partial charge in [-0.1, -0.05) is 15.9 Å². The van der Waals surface area contributed by atoms with Crippen LogP contribution in [0.2, 0.25) is 0 Å². The predicted octanol–water partition coefficient (Wildman–Crippen LogP) is 3.08. The van der Waals surface area contributed by atoms with E-state index >= 15 is 0 Å². The van der Waals surface area contributed by atoms with E-state index in [0.29, 0.717) is 0 Å². The molecule has 0 saturated carbocycles. The van der Waals surface area contributed by atoms with Gasteiger partial charge < -0.3 is 5.11 Å². The Hall–Kier alpha value is -1.03. The summed E-state index contributed by atoms with van der Waals surface area (Å²) in [6, 6.07) is 3.15. The summed E-state index contributed by atoms with van der Waals surface area (Å²) in [4.78, 5) is -0.0119. The van der Waals surface area contributed by atoms with Gasteiger partial charge in [-0.25, -0.2) is 17.2 Å². The number of halogens is 3. The first-order valence-electron chi connectivity index (χ1n) is 5.19. The zero-order chi connectivity index (χ0) is 14.9. The second-order valence-corrected chi connectivity index (χ2v) is 7.28. The lowest BCUT2D eigenvalue weighted by molar-refractivity contribution is 0.282. The molecule has 9 heteroatoms. The summed E-state index contributed by atoms with van der Waals surface area (Å²) in [5, 5.41) is 10.5. The van der Waals surface area contributed by atoms with Crippen molar-refractivity contribution in [1.29, 1.82) is 0 Å². The van der Waals surface area contributed by atoms with Crippen LogP contribution in [-0.2, 0) is 16.6 Å². The van der Waals surface area contributed by atoms with Crippen LogP contribution < -0.4 is 4.72 Å². The first kappa shape index (κ1) is 15.4. The molecule has 20 heavy (non-hydrogen) atoms. The number of benzene rings is 1. The van der Waals surface area contributed by atoms with E-state index < -0.39 is 34.0 Å². The Kier molecular flexibility index (Phi) is 4.43. The van der Waals surface area contributed by atoms with Crippen LogP contribution >= 0.6 is 27.3 Å². The first-order chi connectivity index (χ1) is 9.35. The molecule has 2 N–H and O–H groups in total. The SMILES string of the molecule is O=S(=O)(Nc1c(F)cc(Br)cc1F)c1ccsc1CO. The summed E-state index contributed by atoms with van der Waals surface area (Å²) in [5.74, 6) is -2.08. The van der Waals surface area contributed by atoms with Gasteiger partial charge in [0, 0.05) is 4.47 Å². The minimum atomic E-state index is -4.17. The largest absolute Gasteiger partial charge is 0.391 e. The van der Waals surface area contributed by atoms with Gasteiger partial charge in [-0.05, 0) is 23.6 Å². The molecular formula is C11H8BrF2NO3S2. The highest BCUT2D eigenvalue weighted by Gasteiger charge is 2.23. The zero-order valence-electron chi connectivity index (χ0n) is 9.73. The molecule has 0 unspecified atom stereocenters. The first-order valence-corrected chi connectivity index (χ1v) is 8.35. The quantitative estimate of drug-likeness (QED) is 0.852. The van der Waals surface area contributed by atoms with Crippen molar-refractivity contribution in [3.05, 3.63) is 44.6 Å². The second kappa shape index (κ2) is 5.76. The molecule has 0 aliphatic carbocycles. The molecule has 0 aliphatic heterocycles. The summed E-state index contributed by atoms with van der Waals surface area (Å²) in [6.45, 7) is -0.473. The third-order valence-corrected chi connectivity index (χ3v) is 5.31. The van der Waals surface area contributed by atoms with Crippen LogP contribution in [0.5, 0.6) is 0 Å². The van der Waals surface area contributed by atoms with Crippen molar-refractivity contribution in [2.24, 2.45) is 0 Å². The summed E-state index contributed by atoms with van der Waals surface area (Å²) in [7, 11) is -4.17. The normalized spacial score (nSPS) is 11.6. The molecule has 0 amide bonds. The van der Waals surface area contributed by atoms with E-state index in [1.54, 1.807) is 0 Å². The molecule has 108 valence electrons. The minimum Gasteiger partial charge on any atom is -0.391 e. The van der Waals surface area contributed by atoms with Crippen molar-refractivity contribution in [1.82, 2.24) is 0 Å². The molecule has 1 aromatic carbocycles. The van der Waals surface area contributed by atoms with E-state index in [1.807, 2.05) is 4.72 Å². The van der Waals surface area contributed by atoms with Crippen molar-refractivity contribution in [2.45, 2.75) is 11.5 Å². The zero-order valence-corrected chi connectivity index (χ0v) is 12.9. The molecule has 0 bridgehead atoms. The molecule has 1 aromatic heterocycles. The molecule has 2 aromatic rings. The second-order valence-electron chi connectivity index (χ2n) is 3.72. The van der Waals surface area contributed by atoms with Crippen molar-refractivity contribution >= 4 is 43.0 Å². The fraction of sp³-hybridized carbons (Fsp3) is 0.0909. The van der Waals surface area contributed by atoms with E-state index in [2.05, 4.69) is 15.9 Å². The van der Waals surface area contributed by atoms with Crippen LogP contribution in [0.3, 0.4) is 0 Å². The number of sulfonamides is 1. The molecule has 0 aliphatic rings. The van der Waals surface area contributed by atoms with Crippen molar-refractivity contribution in [3.63, 3.8) is 0 Å². The molecule has 0 radical (unpaired) electrons. The van der Waals surface area contributed by atoms with Gasteiger partial charge in [0.1, 0.15) is 10.6 Å². The van der Waals surface area contributed by atoms with E-state index in [0.717, 1.165) is 23.5 Å². The number of nitrogens with one attached hydrogen (secondary N) is 1. The number of hydrogen-bond donors (Lipinski definition) is 2. The topological polar surface area (TPSA) is 66.4 Å². The Labute approximate surface area is 126 Å². The molecule has 0 fully saturated rings. The Morgan fingerprint density at radius 3 is 2.45 bits per heavy atom. The van der Waals surface area contributed by atoms with E-state index in [9.17, 15) is 17.2 Å². The lowest BCUT2D eigenvalue weighted by atomic mass is 10.3. The van der Waals surface area contributed by atoms with Gasteiger partial charge in [0.2, 0.25) is 0 Å². The Morgan fingerprint density at radius 1 is 1.30 bits per heavy atom. The Balaban J connectivity index is 2.44. The summed E-state index contributed by atoms with van der Waals surface area (Å²) in [6.07, 6.45) is 0. The maximum atomic E-state index is 13.6. The maximum absolute atomic E-state index is 13.6. The molecular weight excluding hydrogens is 376 g/mol. The van der Waals surface area contributed by atoms with Crippen LogP contribution in [0.15, 0.2) is 32.9 Å². The molecule has 0 spiro atoms. The summed E-state index contributed by atoms with van der Waals surface area (Å²) < 4.78 is 53.4. The summed E-state index contributed by atoms with van der Waals surface area (Å²) in [5.41, 5.74) is -0.761. The van der Waals surface area contributed by atoms with Gasteiger partial charge in [-0.3, -0.25) is 4.72 Å². The van der Waals surface area contributed by atoms with Gasteiger partial charge in [-0.15, -0.1) is 11.3 Å². The van der Waals surface area contributed by atoms with Crippen LogP contribution in [0.1, 0.15) is 4.88 Å². The molecule has 2 rings (SSSR count). The number of aliphatic hydroxyl groups is 1. The summed E-state index contributed by atoms with van der Waals surface area (Å²) >= 11 is 3.93. The Morgan fingerprint density at radius 2 is 1.90 bits per heavy atom. The minimum absolute atomic E-state index is 0.155. The van der Waals surface area contributed by atoms with Gasteiger partial charge in [-0.2, -0.15) is 0 Å². The van der Waals surface area contributed by atoms with Gasteiger partial charge in [0.15, 0.2) is 11.6 Å². The van der Waals surface area contributed by atoms with Crippen molar-refractivity contribution in [2.75, 3.05) is 4.72 Å². The fourth-order valence-electron chi connectivity index (χ4n) is 1.51. The van der Waals surface area contributed by atoms with E-state index in [4.69, 9.17) is 5.11 Å². The predicted molar refractivity (Wildman–Crippen MR) is 75.1 cm³/mol. The van der Waals surface area contributed by atoms with Crippen LogP contribution in [0.25, 0.3) is 0 Å². The maximum Gasteiger partial charge on any atom is 0.263 e.